The van der Waals surface area contributed by atoms with Crippen molar-refractivity contribution in [2.45, 2.75) is 52.0 Å². The van der Waals surface area contributed by atoms with E-state index in [1.165, 1.54) is 32.1 Å². The summed E-state index contributed by atoms with van der Waals surface area (Å²) in [6, 6.07) is 5.43. The maximum atomic E-state index is 12.3. The fourth-order valence-corrected chi connectivity index (χ4v) is 3.02. The number of ether oxygens (including phenoxy) is 1. The molecule has 0 spiro atoms. The van der Waals surface area contributed by atoms with Crippen molar-refractivity contribution in [3.05, 3.63) is 23.8 Å². The molecule has 0 bridgehead atoms. The normalized spacial score (nSPS) is 17.2. The first-order valence-electron chi connectivity index (χ1n) is 7.95. The van der Waals surface area contributed by atoms with E-state index in [1.807, 2.05) is 6.92 Å². The molecule has 116 valence electrons. The van der Waals surface area contributed by atoms with Crippen molar-refractivity contribution >= 4 is 11.6 Å². The second-order valence-corrected chi connectivity index (χ2v) is 5.85. The van der Waals surface area contributed by atoms with Crippen LogP contribution in [-0.4, -0.2) is 18.6 Å². The highest BCUT2D eigenvalue weighted by molar-refractivity contribution is 5.95. The van der Waals surface area contributed by atoms with Gasteiger partial charge in [0.15, 0.2) is 0 Å². The molecule has 1 aromatic carbocycles. The fraction of sp³-hybridized carbons (Fsp3) is 0.588. The van der Waals surface area contributed by atoms with Gasteiger partial charge >= 0.3 is 0 Å². The highest BCUT2D eigenvalue weighted by Gasteiger charge is 2.22. The van der Waals surface area contributed by atoms with E-state index < -0.39 is 0 Å². The lowest BCUT2D eigenvalue weighted by Gasteiger charge is -2.28. The average Bonchev–Trinajstić information content (AvgIpc) is 2.50. The van der Waals surface area contributed by atoms with Crippen LogP contribution in [0.5, 0.6) is 5.75 Å². The fourth-order valence-electron chi connectivity index (χ4n) is 3.02. The number of anilines is 1. The summed E-state index contributed by atoms with van der Waals surface area (Å²) in [6.45, 7) is 4.58. The van der Waals surface area contributed by atoms with Crippen LogP contribution in [0.15, 0.2) is 18.2 Å². The molecule has 4 nitrogen and oxygen atoms in total. The van der Waals surface area contributed by atoms with E-state index in [1.54, 1.807) is 18.2 Å². The number of rotatable bonds is 5. The van der Waals surface area contributed by atoms with Gasteiger partial charge in [-0.1, -0.05) is 19.3 Å². The summed E-state index contributed by atoms with van der Waals surface area (Å²) < 4.78 is 5.39. The smallest absolute Gasteiger partial charge is 0.251 e. The SMILES string of the molecule is CCOc1ccc(C(=O)NC(C)C2CCCCC2)cc1N. The van der Waals surface area contributed by atoms with Crippen molar-refractivity contribution in [2.75, 3.05) is 12.3 Å². The Labute approximate surface area is 127 Å². The minimum atomic E-state index is -0.0529. The average molecular weight is 290 g/mol. The van der Waals surface area contributed by atoms with Crippen LogP contribution in [-0.2, 0) is 0 Å². The molecule has 1 aliphatic carbocycles. The Morgan fingerprint density at radius 2 is 2.10 bits per heavy atom. The van der Waals surface area contributed by atoms with E-state index in [4.69, 9.17) is 10.5 Å². The van der Waals surface area contributed by atoms with Gasteiger partial charge < -0.3 is 15.8 Å². The topological polar surface area (TPSA) is 64.3 Å². The summed E-state index contributed by atoms with van der Waals surface area (Å²) in [5.74, 6) is 1.18. The third-order valence-corrected chi connectivity index (χ3v) is 4.29. The zero-order valence-electron chi connectivity index (χ0n) is 13.0. The lowest BCUT2D eigenvalue weighted by molar-refractivity contribution is 0.0919. The lowest BCUT2D eigenvalue weighted by atomic mass is 9.84. The van der Waals surface area contributed by atoms with Crippen LogP contribution in [0.2, 0.25) is 0 Å². The number of hydrogen-bond donors (Lipinski definition) is 2. The molecule has 3 N–H and O–H groups in total. The monoisotopic (exact) mass is 290 g/mol. The predicted octanol–water partition coefficient (Wildman–Crippen LogP) is 3.37. The van der Waals surface area contributed by atoms with E-state index in [-0.39, 0.29) is 11.9 Å². The van der Waals surface area contributed by atoms with Crippen molar-refractivity contribution in [1.29, 1.82) is 0 Å². The quantitative estimate of drug-likeness (QED) is 0.817. The van der Waals surface area contributed by atoms with Crippen molar-refractivity contribution in [2.24, 2.45) is 5.92 Å². The van der Waals surface area contributed by atoms with Gasteiger partial charge in [-0.05, 0) is 50.8 Å². The second kappa shape index (κ2) is 7.34. The van der Waals surface area contributed by atoms with Gasteiger partial charge in [0.05, 0.1) is 12.3 Å². The summed E-state index contributed by atoms with van der Waals surface area (Å²) in [6.07, 6.45) is 6.31. The first kappa shape index (κ1) is 15.7. The van der Waals surface area contributed by atoms with E-state index >= 15 is 0 Å². The highest BCUT2D eigenvalue weighted by atomic mass is 16.5. The number of nitrogens with two attached hydrogens (primary N) is 1. The summed E-state index contributed by atoms with van der Waals surface area (Å²) in [7, 11) is 0. The maximum absolute atomic E-state index is 12.3. The minimum absolute atomic E-state index is 0.0529. The molecule has 1 atom stereocenters. The molecule has 1 fully saturated rings. The van der Waals surface area contributed by atoms with Crippen LogP contribution in [0.25, 0.3) is 0 Å². The van der Waals surface area contributed by atoms with Crippen LogP contribution in [0.4, 0.5) is 5.69 Å². The Hall–Kier alpha value is -1.71. The molecule has 1 aromatic rings. The number of amides is 1. The Morgan fingerprint density at radius 1 is 1.38 bits per heavy atom. The third-order valence-electron chi connectivity index (χ3n) is 4.29. The Bertz CT molecular complexity index is 482. The summed E-state index contributed by atoms with van der Waals surface area (Å²) in [5.41, 5.74) is 7.02. The Kier molecular flexibility index (Phi) is 5.48. The molecular formula is C17H26N2O2. The zero-order chi connectivity index (χ0) is 15.2. The molecule has 1 aliphatic rings. The maximum Gasteiger partial charge on any atom is 0.251 e. The molecule has 0 heterocycles. The van der Waals surface area contributed by atoms with Crippen molar-refractivity contribution in [3.8, 4) is 5.75 Å². The van der Waals surface area contributed by atoms with Gasteiger partial charge in [-0.25, -0.2) is 0 Å². The predicted molar refractivity (Wildman–Crippen MR) is 85.5 cm³/mol. The molecule has 2 rings (SSSR count). The van der Waals surface area contributed by atoms with E-state index in [2.05, 4.69) is 12.2 Å². The first-order valence-corrected chi connectivity index (χ1v) is 7.95. The van der Waals surface area contributed by atoms with E-state index in [0.717, 1.165) is 0 Å². The van der Waals surface area contributed by atoms with Crippen LogP contribution in [0.1, 0.15) is 56.3 Å². The third kappa shape index (κ3) is 4.13. The Morgan fingerprint density at radius 3 is 2.71 bits per heavy atom. The van der Waals surface area contributed by atoms with Gasteiger partial charge in [-0.3, -0.25) is 4.79 Å². The molecule has 0 aliphatic heterocycles. The summed E-state index contributed by atoms with van der Waals surface area (Å²) >= 11 is 0. The van der Waals surface area contributed by atoms with E-state index in [9.17, 15) is 4.79 Å². The minimum Gasteiger partial charge on any atom is -0.492 e. The molecule has 0 aromatic heterocycles. The molecule has 21 heavy (non-hydrogen) atoms. The number of carbonyl (C=O) groups is 1. The Balaban J connectivity index is 1.97. The van der Waals surface area contributed by atoms with Crippen LogP contribution in [0, 0.1) is 5.92 Å². The number of nitrogens with one attached hydrogen (secondary N) is 1. The molecule has 1 amide bonds. The highest BCUT2D eigenvalue weighted by Crippen LogP contribution is 2.27. The van der Waals surface area contributed by atoms with Crippen LogP contribution >= 0.6 is 0 Å². The van der Waals surface area contributed by atoms with Crippen molar-refractivity contribution < 1.29 is 9.53 Å². The van der Waals surface area contributed by atoms with Gasteiger partial charge in [-0.15, -0.1) is 0 Å². The van der Waals surface area contributed by atoms with Gasteiger partial charge in [0, 0.05) is 11.6 Å². The standard InChI is InChI=1S/C17H26N2O2/c1-3-21-16-10-9-14(11-15(16)18)17(20)19-12(2)13-7-5-4-6-8-13/h9-13H,3-8,18H2,1-2H3,(H,19,20). The number of benzene rings is 1. The number of hydrogen-bond acceptors (Lipinski definition) is 3. The van der Waals surface area contributed by atoms with Gasteiger partial charge in [0.1, 0.15) is 5.75 Å². The molecule has 0 saturated heterocycles. The molecule has 1 saturated carbocycles. The van der Waals surface area contributed by atoms with Crippen molar-refractivity contribution in [1.82, 2.24) is 5.32 Å². The molecule has 1 unspecified atom stereocenters. The molecular weight excluding hydrogens is 264 g/mol. The second-order valence-electron chi connectivity index (χ2n) is 5.85. The van der Waals surface area contributed by atoms with Crippen LogP contribution in [0.3, 0.4) is 0 Å². The lowest BCUT2D eigenvalue weighted by Crippen LogP contribution is -2.38. The van der Waals surface area contributed by atoms with Crippen molar-refractivity contribution in [3.63, 3.8) is 0 Å². The molecule has 4 heteroatoms. The van der Waals surface area contributed by atoms with E-state index in [0.29, 0.717) is 29.5 Å². The number of carbonyl (C=O) groups excluding carboxylic acids is 1. The molecule has 0 radical (unpaired) electrons. The van der Waals surface area contributed by atoms with Gasteiger partial charge in [0.25, 0.3) is 5.91 Å². The summed E-state index contributed by atoms with van der Waals surface area (Å²) in [5, 5.41) is 3.11. The van der Waals surface area contributed by atoms with Gasteiger partial charge in [0.2, 0.25) is 0 Å². The van der Waals surface area contributed by atoms with Crippen LogP contribution < -0.4 is 15.8 Å². The first-order chi connectivity index (χ1) is 10.1. The zero-order valence-corrected chi connectivity index (χ0v) is 13.0. The van der Waals surface area contributed by atoms with Gasteiger partial charge in [-0.2, -0.15) is 0 Å². The largest absolute Gasteiger partial charge is 0.492 e. The number of nitrogen functional groups attached to an aromatic ring is 1. The summed E-state index contributed by atoms with van der Waals surface area (Å²) in [4.78, 5) is 12.3.